The zero-order valence-electron chi connectivity index (χ0n) is 17.4. The molecule has 0 saturated heterocycles. The highest BCUT2D eigenvalue weighted by molar-refractivity contribution is 6.30. The molecular formula is C25H24ClN3O3. The molecule has 0 aliphatic heterocycles. The predicted octanol–water partition coefficient (Wildman–Crippen LogP) is 3.03. The van der Waals surface area contributed by atoms with Crippen molar-refractivity contribution in [1.82, 2.24) is 10.6 Å². The van der Waals surface area contributed by atoms with Gasteiger partial charge in [-0.15, -0.1) is 0 Å². The lowest BCUT2D eigenvalue weighted by Crippen LogP contribution is -2.47. The second kappa shape index (κ2) is 11.1. The first-order valence-corrected chi connectivity index (χ1v) is 10.5. The minimum absolute atomic E-state index is 0.169. The van der Waals surface area contributed by atoms with E-state index in [0.29, 0.717) is 17.0 Å². The van der Waals surface area contributed by atoms with Gasteiger partial charge in [-0.25, -0.2) is 0 Å². The molecule has 3 aromatic rings. The third kappa shape index (κ3) is 6.96. The van der Waals surface area contributed by atoms with Crippen LogP contribution in [0.3, 0.4) is 0 Å². The largest absolute Gasteiger partial charge is 0.369 e. The molecule has 4 N–H and O–H groups in total. The van der Waals surface area contributed by atoms with Crippen LogP contribution in [0.5, 0.6) is 0 Å². The highest BCUT2D eigenvalue weighted by Gasteiger charge is 2.22. The van der Waals surface area contributed by atoms with Crippen molar-refractivity contribution >= 4 is 29.3 Å². The summed E-state index contributed by atoms with van der Waals surface area (Å²) < 4.78 is 0. The molecule has 0 heterocycles. The van der Waals surface area contributed by atoms with Crippen LogP contribution in [0.1, 0.15) is 27.0 Å². The van der Waals surface area contributed by atoms with Crippen LogP contribution < -0.4 is 16.4 Å². The molecule has 0 fully saturated rings. The van der Waals surface area contributed by atoms with E-state index in [0.717, 1.165) is 16.7 Å². The molecule has 1 unspecified atom stereocenters. The van der Waals surface area contributed by atoms with Gasteiger partial charge in [-0.05, 0) is 41.0 Å². The molecule has 0 radical (unpaired) electrons. The Bertz CT molecular complexity index is 1070. The summed E-state index contributed by atoms with van der Waals surface area (Å²) in [5.41, 5.74) is 8.24. The van der Waals surface area contributed by atoms with E-state index >= 15 is 0 Å². The topological polar surface area (TPSA) is 101 Å². The van der Waals surface area contributed by atoms with Gasteiger partial charge in [-0.3, -0.25) is 14.4 Å². The Morgan fingerprint density at radius 2 is 1.44 bits per heavy atom. The Kier molecular flexibility index (Phi) is 8.00. The van der Waals surface area contributed by atoms with Crippen LogP contribution in [0.25, 0.3) is 0 Å². The van der Waals surface area contributed by atoms with Gasteiger partial charge in [-0.1, -0.05) is 66.2 Å². The number of carbonyl (C=O) groups excluding carboxylic acids is 3. The van der Waals surface area contributed by atoms with Gasteiger partial charge in [0.05, 0.1) is 6.42 Å². The minimum Gasteiger partial charge on any atom is -0.369 e. The smallest absolute Gasteiger partial charge is 0.251 e. The van der Waals surface area contributed by atoms with Crippen LogP contribution in [-0.4, -0.2) is 23.8 Å². The van der Waals surface area contributed by atoms with Gasteiger partial charge in [0, 0.05) is 23.6 Å². The Hall–Kier alpha value is -3.64. The molecular weight excluding hydrogens is 426 g/mol. The van der Waals surface area contributed by atoms with Crippen molar-refractivity contribution in [3.05, 3.63) is 106 Å². The molecule has 0 aliphatic rings. The monoisotopic (exact) mass is 449 g/mol. The third-order valence-electron chi connectivity index (χ3n) is 4.88. The number of hydrogen-bond acceptors (Lipinski definition) is 3. The van der Waals surface area contributed by atoms with E-state index in [9.17, 15) is 14.4 Å². The number of halogens is 1. The van der Waals surface area contributed by atoms with Gasteiger partial charge < -0.3 is 16.4 Å². The minimum atomic E-state index is -0.755. The maximum atomic E-state index is 12.9. The molecule has 3 amide bonds. The first-order chi connectivity index (χ1) is 15.4. The lowest BCUT2D eigenvalue weighted by Gasteiger charge is -2.19. The summed E-state index contributed by atoms with van der Waals surface area (Å²) in [6.07, 6.45) is 0.520. The Labute approximate surface area is 191 Å². The molecule has 0 spiro atoms. The Morgan fingerprint density at radius 3 is 2.06 bits per heavy atom. The van der Waals surface area contributed by atoms with E-state index in [1.54, 1.807) is 36.4 Å². The number of amides is 3. The van der Waals surface area contributed by atoms with Crippen LogP contribution in [0.15, 0.2) is 78.9 Å². The summed E-state index contributed by atoms with van der Waals surface area (Å²) in [6, 6.07) is 22.5. The lowest BCUT2D eigenvalue weighted by atomic mass is 10.0. The lowest BCUT2D eigenvalue weighted by molar-refractivity contribution is -0.123. The molecule has 164 valence electrons. The van der Waals surface area contributed by atoms with Crippen LogP contribution in [0, 0.1) is 0 Å². The number of hydrogen-bond donors (Lipinski definition) is 3. The van der Waals surface area contributed by atoms with Crippen LogP contribution in [-0.2, 0) is 29.0 Å². The molecule has 0 saturated carbocycles. The summed E-state index contributed by atoms with van der Waals surface area (Å²) >= 11 is 5.90. The van der Waals surface area contributed by atoms with Crippen LogP contribution >= 0.6 is 11.6 Å². The summed E-state index contributed by atoms with van der Waals surface area (Å²) in [6.45, 7) is 0.289. The molecule has 3 aromatic carbocycles. The highest BCUT2D eigenvalue weighted by Crippen LogP contribution is 2.11. The van der Waals surface area contributed by atoms with E-state index in [1.165, 1.54) is 0 Å². The van der Waals surface area contributed by atoms with Crippen molar-refractivity contribution in [2.24, 2.45) is 5.73 Å². The fourth-order valence-corrected chi connectivity index (χ4v) is 3.32. The number of benzene rings is 3. The fraction of sp³-hybridized carbons (Fsp3) is 0.160. The normalized spacial score (nSPS) is 11.4. The third-order valence-corrected chi connectivity index (χ3v) is 5.13. The maximum Gasteiger partial charge on any atom is 0.251 e. The van der Waals surface area contributed by atoms with Crippen molar-refractivity contribution in [3.63, 3.8) is 0 Å². The molecule has 7 heteroatoms. The number of carbonyl (C=O) groups is 3. The van der Waals surface area contributed by atoms with Crippen molar-refractivity contribution < 1.29 is 14.4 Å². The first-order valence-electron chi connectivity index (χ1n) is 10.1. The van der Waals surface area contributed by atoms with E-state index in [1.807, 2.05) is 42.5 Å². The molecule has 1 atom stereocenters. The molecule has 32 heavy (non-hydrogen) atoms. The second-order valence-corrected chi connectivity index (χ2v) is 7.84. The summed E-state index contributed by atoms with van der Waals surface area (Å²) in [5.74, 6) is -1.04. The molecule has 0 bridgehead atoms. The summed E-state index contributed by atoms with van der Waals surface area (Å²) in [5, 5.41) is 6.23. The zero-order chi connectivity index (χ0) is 22.9. The Morgan fingerprint density at radius 1 is 0.812 bits per heavy atom. The Balaban J connectivity index is 1.67. The average Bonchev–Trinajstić information content (AvgIpc) is 2.78. The molecule has 3 rings (SSSR count). The maximum absolute atomic E-state index is 12.9. The number of rotatable bonds is 9. The van der Waals surface area contributed by atoms with Gasteiger partial charge in [0.25, 0.3) is 5.91 Å². The van der Waals surface area contributed by atoms with Crippen molar-refractivity contribution in [2.75, 3.05) is 0 Å². The van der Waals surface area contributed by atoms with Gasteiger partial charge in [0.1, 0.15) is 6.04 Å². The van der Waals surface area contributed by atoms with Crippen LogP contribution in [0.4, 0.5) is 0 Å². The molecule has 0 aliphatic carbocycles. The van der Waals surface area contributed by atoms with Crippen molar-refractivity contribution in [1.29, 1.82) is 0 Å². The van der Waals surface area contributed by atoms with E-state index in [4.69, 9.17) is 17.3 Å². The standard InChI is InChI=1S/C25H24ClN3O3/c26-21-12-10-20(11-13-21)24(31)29-22(14-17-4-2-1-3-5-17)25(32)28-16-19-8-6-18(7-9-19)15-23(27)30/h1-13,22H,14-16H2,(H2,27,30)(H,28,32)(H,29,31). The van der Waals surface area contributed by atoms with Gasteiger partial charge in [0.15, 0.2) is 0 Å². The second-order valence-electron chi connectivity index (χ2n) is 7.40. The van der Waals surface area contributed by atoms with Gasteiger partial charge in [-0.2, -0.15) is 0 Å². The molecule has 6 nitrogen and oxygen atoms in total. The van der Waals surface area contributed by atoms with Crippen LogP contribution in [0.2, 0.25) is 5.02 Å². The number of primary amides is 1. The van der Waals surface area contributed by atoms with Crippen molar-refractivity contribution in [2.45, 2.75) is 25.4 Å². The number of nitrogens with two attached hydrogens (primary N) is 1. The fourth-order valence-electron chi connectivity index (χ4n) is 3.19. The predicted molar refractivity (Wildman–Crippen MR) is 124 cm³/mol. The quantitative estimate of drug-likeness (QED) is 0.468. The summed E-state index contributed by atoms with van der Waals surface area (Å²) in [7, 11) is 0. The number of nitrogens with one attached hydrogen (secondary N) is 2. The van der Waals surface area contributed by atoms with E-state index in [2.05, 4.69) is 10.6 Å². The summed E-state index contributed by atoms with van der Waals surface area (Å²) in [4.78, 5) is 36.7. The SMILES string of the molecule is NC(=O)Cc1ccc(CNC(=O)C(Cc2ccccc2)NC(=O)c2ccc(Cl)cc2)cc1. The van der Waals surface area contributed by atoms with E-state index < -0.39 is 11.9 Å². The van der Waals surface area contributed by atoms with E-state index in [-0.39, 0.29) is 24.8 Å². The molecule has 0 aromatic heterocycles. The highest BCUT2D eigenvalue weighted by atomic mass is 35.5. The van der Waals surface area contributed by atoms with Gasteiger partial charge >= 0.3 is 0 Å². The van der Waals surface area contributed by atoms with Crippen molar-refractivity contribution in [3.8, 4) is 0 Å². The van der Waals surface area contributed by atoms with Gasteiger partial charge in [0.2, 0.25) is 11.8 Å². The zero-order valence-corrected chi connectivity index (χ0v) is 18.1. The average molecular weight is 450 g/mol. The first kappa shape index (κ1) is 23.0.